The van der Waals surface area contributed by atoms with Gasteiger partial charge in [0.25, 0.3) is 10.0 Å². The Labute approximate surface area is 130 Å². The van der Waals surface area contributed by atoms with Crippen molar-refractivity contribution in [3.05, 3.63) is 30.2 Å². The van der Waals surface area contributed by atoms with E-state index >= 15 is 0 Å². The molecular weight excluding hydrogens is 302 g/mol. The molecule has 7 nitrogen and oxygen atoms in total. The van der Waals surface area contributed by atoms with E-state index in [0.717, 1.165) is 18.7 Å². The summed E-state index contributed by atoms with van der Waals surface area (Å²) in [7, 11) is -1.73. The van der Waals surface area contributed by atoms with Crippen molar-refractivity contribution in [1.29, 1.82) is 0 Å². The van der Waals surface area contributed by atoms with Gasteiger partial charge in [-0.2, -0.15) is 4.31 Å². The van der Waals surface area contributed by atoms with E-state index in [4.69, 9.17) is 0 Å². The minimum atomic E-state index is -3.54. The van der Waals surface area contributed by atoms with Crippen molar-refractivity contribution in [2.45, 2.75) is 44.3 Å². The van der Waals surface area contributed by atoms with Gasteiger partial charge in [-0.1, -0.05) is 0 Å². The molecule has 120 valence electrons. The van der Waals surface area contributed by atoms with Gasteiger partial charge >= 0.3 is 0 Å². The maximum atomic E-state index is 12.8. The number of imidazole rings is 2. The lowest BCUT2D eigenvalue weighted by Gasteiger charge is -2.23. The standard InChI is InChI=1S/C14H21N5O2S/c1-11-15-6-8-18(11)9-13-5-4-7-19(13)22(20,21)14-10-17(3)12(2)16-14/h6,8,10,13H,4-5,7,9H2,1-3H3/t13-/m1/s1. The minimum absolute atomic E-state index is 0.0415. The van der Waals surface area contributed by atoms with Crippen LogP contribution in [0.15, 0.2) is 23.6 Å². The first-order chi connectivity index (χ1) is 10.4. The largest absolute Gasteiger partial charge is 0.337 e. The van der Waals surface area contributed by atoms with Crippen LogP contribution < -0.4 is 0 Å². The molecule has 0 amide bonds. The highest BCUT2D eigenvalue weighted by molar-refractivity contribution is 7.89. The summed E-state index contributed by atoms with van der Waals surface area (Å²) in [5.74, 6) is 1.60. The van der Waals surface area contributed by atoms with Gasteiger partial charge in [-0.25, -0.2) is 18.4 Å². The van der Waals surface area contributed by atoms with Crippen molar-refractivity contribution in [3.63, 3.8) is 0 Å². The Bertz CT molecular complexity index is 758. The van der Waals surface area contributed by atoms with Gasteiger partial charge in [0, 0.05) is 44.8 Å². The average Bonchev–Trinajstić information content (AvgIpc) is 3.15. The number of rotatable bonds is 4. The summed E-state index contributed by atoms with van der Waals surface area (Å²) in [6, 6.07) is -0.0415. The van der Waals surface area contributed by atoms with Crippen molar-refractivity contribution in [2.75, 3.05) is 6.54 Å². The van der Waals surface area contributed by atoms with Crippen LogP contribution in [0.25, 0.3) is 0 Å². The lowest BCUT2D eigenvalue weighted by atomic mass is 10.2. The van der Waals surface area contributed by atoms with Gasteiger partial charge in [0.2, 0.25) is 0 Å². The van der Waals surface area contributed by atoms with Crippen molar-refractivity contribution < 1.29 is 8.42 Å². The van der Waals surface area contributed by atoms with Gasteiger partial charge in [-0.15, -0.1) is 0 Å². The number of aryl methyl sites for hydroxylation is 3. The quantitative estimate of drug-likeness (QED) is 0.844. The molecule has 2 aromatic heterocycles. The van der Waals surface area contributed by atoms with E-state index < -0.39 is 10.0 Å². The van der Waals surface area contributed by atoms with Crippen LogP contribution in [0.4, 0.5) is 0 Å². The first-order valence-corrected chi connectivity index (χ1v) is 8.83. The molecule has 3 rings (SSSR count). The monoisotopic (exact) mass is 323 g/mol. The third-order valence-corrected chi connectivity index (χ3v) is 6.14. The van der Waals surface area contributed by atoms with Gasteiger partial charge in [-0.05, 0) is 26.7 Å². The van der Waals surface area contributed by atoms with Crippen LogP contribution in [0, 0.1) is 13.8 Å². The summed E-state index contributed by atoms with van der Waals surface area (Å²) >= 11 is 0. The first-order valence-electron chi connectivity index (χ1n) is 7.39. The predicted octanol–water partition coefficient (Wildman–Crippen LogP) is 1.09. The van der Waals surface area contributed by atoms with E-state index in [9.17, 15) is 8.42 Å². The smallest absolute Gasteiger partial charge is 0.262 e. The Morgan fingerprint density at radius 1 is 1.32 bits per heavy atom. The summed E-state index contributed by atoms with van der Waals surface area (Å²) in [4.78, 5) is 8.39. The Morgan fingerprint density at radius 2 is 2.09 bits per heavy atom. The fourth-order valence-electron chi connectivity index (χ4n) is 2.90. The van der Waals surface area contributed by atoms with Gasteiger partial charge in [-0.3, -0.25) is 0 Å². The lowest BCUT2D eigenvalue weighted by molar-refractivity contribution is 0.349. The van der Waals surface area contributed by atoms with Crippen LogP contribution in [0.3, 0.4) is 0 Å². The fourth-order valence-corrected chi connectivity index (χ4v) is 4.62. The Balaban J connectivity index is 1.87. The molecular formula is C14H21N5O2S. The summed E-state index contributed by atoms with van der Waals surface area (Å²) in [5.41, 5.74) is 0. The zero-order valence-corrected chi connectivity index (χ0v) is 13.9. The SMILES string of the molecule is Cc1nc(S(=O)(=O)N2CCC[C@@H]2Cn2ccnc2C)cn1C. The molecule has 0 unspecified atom stereocenters. The summed E-state index contributed by atoms with van der Waals surface area (Å²) in [6.45, 7) is 4.92. The van der Waals surface area contributed by atoms with Crippen molar-refractivity contribution in [2.24, 2.45) is 7.05 Å². The Hall–Kier alpha value is -1.67. The maximum Gasteiger partial charge on any atom is 0.262 e. The molecule has 8 heteroatoms. The van der Waals surface area contributed by atoms with E-state index in [1.165, 1.54) is 0 Å². The summed E-state index contributed by atoms with van der Waals surface area (Å²) < 4.78 is 31.0. The third kappa shape index (κ3) is 2.56. The summed E-state index contributed by atoms with van der Waals surface area (Å²) in [6.07, 6.45) is 6.96. The third-order valence-electron chi connectivity index (χ3n) is 4.31. The second-order valence-corrected chi connectivity index (χ2v) is 7.61. The van der Waals surface area contributed by atoms with E-state index in [1.807, 2.05) is 17.7 Å². The topological polar surface area (TPSA) is 73.0 Å². The highest BCUT2D eigenvalue weighted by atomic mass is 32.2. The molecule has 1 fully saturated rings. The lowest BCUT2D eigenvalue weighted by Crippen LogP contribution is -2.38. The van der Waals surface area contributed by atoms with Gasteiger partial charge in [0.1, 0.15) is 11.6 Å². The Kier molecular flexibility index (Phi) is 3.82. The Morgan fingerprint density at radius 3 is 2.68 bits per heavy atom. The molecule has 0 spiro atoms. The second kappa shape index (κ2) is 5.51. The zero-order chi connectivity index (χ0) is 15.9. The molecule has 3 heterocycles. The molecule has 2 aromatic rings. The predicted molar refractivity (Wildman–Crippen MR) is 81.8 cm³/mol. The molecule has 1 aliphatic heterocycles. The van der Waals surface area contributed by atoms with E-state index in [-0.39, 0.29) is 11.1 Å². The number of nitrogens with zero attached hydrogens (tertiary/aromatic N) is 5. The minimum Gasteiger partial charge on any atom is -0.337 e. The summed E-state index contributed by atoms with van der Waals surface area (Å²) in [5, 5.41) is 0.141. The molecule has 1 saturated heterocycles. The number of sulfonamides is 1. The van der Waals surface area contributed by atoms with E-state index in [0.29, 0.717) is 18.9 Å². The van der Waals surface area contributed by atoms with Crippen LogP contribution in [0.2, 0.25) is 0 Å². The second-order valence-electron chi connectivity index (χ2n) is 5.78. The molecule has 0 radical (unpaired) electrons. The van der Waals surface area contributed by atoms with Crippen LogP contribution >= 0.6 is 0 Å². The molecule has 0 N–H and O–H groups in total. The maximum absolute atomic E-state index is 12.8. The molecule has 22 heavy (non-hydrogen) atoms. The number of hydrogen-bond donors (Lipinski definition) is 0. The van der Waals surface area contributed by atoms with Crippen LogP contribution in [-0.4, -0.2) is 44.4 Å². The molecule has 0 aromatic carbocycles. The highest BCUT2D eigenvalue weighted by Crippen LogP contribution is 2.26. The zero-order valence-electron chi connectivity index (χ0n) is 13.1. The van der Waals surface area contributed by atoms with Gasteiger partial charge in [0.15, 0.2) is 5.03 Å². The van der Waals surface area contributed by atoms with Gasteiger partial charge < -0.3 is 9.13 Å². The van der Waals surface area contributed by atoms with Crippen LogP contribution in [0.5, 0.6) is 0 Å². The fraction of sp³-hybridized carbons (Fsp3) is 0.571. The van der Waals surface area contributed by atoms with Crippen molar-refractivity contribution in [3.8, 4) is 0 Å². The molecule has 0 saturated carbocycles. The molecule has 1 atom stereocenters. The van der Waals surface area contributed by atoms with E-state index in [1.54, 1.807) is 35.2 Å². The van der Waals surface area contributed by atoms with Crippen molar-refractivity contribution >= 4 is 10.0 Å². The van der Waals surface area contributed by atoms with Crippen molar-refractivity contribution in [1.82, 2.24) is 23.4 Å². The van der Waals surface area contributed by atoms with Gasteiger partial charge in [0.05, 0.1) is 0 Å². The number of hydrogen-bond acceptors (Lipinski definition) is 4. The average molecular weight is 323 g/mol. The van der Waals surface area contributed by atoms with Crippen LogP contribution in [-0.2, 0) is 23.6 Å². The van der Waals surface area contributed by atoms with Crippen LogP contribution in [0.1, 0.15) is 24.5 Å². The molecule has 0 aliphatic carbocycles. The normalized spacial score (nSPS) is 19.9. The first kappa shape index (κ1) is 15.2. The highest BCUT2D eigenvalue weighted by Gasteiger charge is 2.37. The number of aromatic nitrogens is 4. The molecule has 1 aliphatic rings. The van der Waals surface area contributed by atoms with E-state index in [2.05, 4.69) is 9.97 Å². The molecule has 0 bridgehead atoms.